The van der Waals surface area contributed by atoms with Crippen LogP contribution in [0.5, 0.6) is 0 Å². The molecule has 9 aliphatic rings. The SMILES string of the molecule is C[C@@H]1O[C@@H](OC[C@H]2O[C@@H](OC(=O)[C@]34CCC(C)(C)C[C@H]3C3=CC[C@@H]5[C@@]6(C)CC[C@H](O[C@@H]7O[C@H](CO)[C@@H](O)[C@H](O)[C@H]7O)C(C)(C)[C@@H]6CC[C@@]5(C)[C@]3(C)CC4)[C@H](O)[C@@H](O)[C@@H]2O)[C@H](O[C@@H]2O[C@H](CO)[C@@H](O)[C@H](O)[C@H]2O)[C@H](O)[C@H]1O. The molecule has 4 saturated carbocycles. The molecule has 0 bridgehead atoms. The Morgan fingerprint density at radius 3 is 1.74 bits per heavy atom. The van der Waals surface area contributed by atoms with Gasteiger partial charge >= 0.3 is 5.97 Å². The fourth-order valence-electron chi connectivity index (χ4n) is 16.4. The molecular weight excluding hydrogens is 1000 g/mol. The quantitative estimate of drug-likeness (QED) is 0.0670. The summed E-state index contributed by atoms with van der Waals surface area (Å²) in [5.74, 6) is -0.339. The highest BCUT2D eigenvalue weighted by Gasteiger charge is 2.70. The second-order valence-electron chi connectivity index (χ2n) is 26.3. The van der Waals surface area contributed by atoms with Crippen LogP contribution in [-0.2, 0) is 42.7 Å². The Hall–Kier alpha value is -1.59. The molecule has 0 radical (unpaired) electrons. The van der Waals surface area contributed by atoms with Crippen molar-refractivity contribution in [1.29, 1.82) is 0 Å². The molecule has 0 unspecified atom stereocenters. The van der Waals surface area contributed by atoms with Gasteiger partial charge in [-0.15, -0.1) is 0 Å². The number of carbonyl (C=O) groups excluding carboxylic acids is 1. The van der Waals surface area contributed by atoms with Gasteiger partial charge in [0.1, 0.15) is 91.6 Å². The molecule has 436 valence electrons. The predicted molar refractivity (Wildman–Crippen MR) is 261 cm³/mol. The van der Waals surface area contributed by atoms with Crippen LogP contribution in [0.3, 0.4) is 0 Å². The van der Waals surface area contributed by atoms with E-state index < -0.39 is 154 Å². The highest BCUT2D eigenvalue weighted by atomic mass is 16.8. The number of allylic oxidation sites excluding steroid dienone is 2. The van der Waals surface area contributed by atoms with Crippen LogP contribution in [0.1, 0.15) is 120 Å². The zero-order valence-electron chi connectivity index (χ0n) is 45.1. The fourth-order valence-corrected chi connectivity index (χ4v) is 16.4. The predicted octanol–water partition coefficient (Wildman–Crippen LogP) is -1.01. The van der Waals surface area contributed by atoms with Gasteiger partial charge in [-0.3, -0.25) is 4.79 Å². The summed E-state index contributed by atoms with van der Waals surface area (Å²) >= 11 is 0. The van der Waals surface area contributed by atoms with E-state index in [0.717, 1.165) is 32.1 Å². The van der Waals surface area contributed by atoms with Crippen LogP contribution in [0.15, 0.2) is 11.6 Å². The van der Waals surface area contributed by atoms with Gasteiger partial charge in [-0.25, -0.2) is 0 Å². The van der Waals surface area contributed by atoms with E-state index in [4.69, 9.17) is 37.9 Å². The van der Waals surface area contributed by atoms with Crippen molar-refractivity contribution in [3.63, 3.8) is 0 Å². The first-order valence-corrected chi connectivity index (χ1v) is 27.7. The lowest BCUT2D eigenvalue weighted by atomic mass is 9.33. The molecule has 4 aliphatic heterocycles. The number of rotatable bonds is 11. The minimum Gasteiger partial charge on any atom is -0.432 e. The molecule has 22 heteroatoms. The van der Waals surface area contributed by atoms with Crippen molar-refractivity contribution in [1.82, 2.24) is 0 Å². The third kappa shape index (κ3) is 9.57. The van der Waals surface area contributed by atoms with Crippen LogP contribution in [0.4, 0.5) is 0 Å². The highest BCUT2D eigenvalue weighted by molar-refractivity contribution is 5.79. The second-order valence-corrected chi connectivity index (χ2v) is 26.3. The Morgan fingerprint density at radius 1 is 0.579 bits per heavy atom. The fraction of sp³-hybridized carbons (Fsp3) is 0.944. The molecule has 0 aromatic rings. The van der Waals surface area contributed by atoms with E-state index >= 15 is 4.79 Å². The maximum absolute atomic E-state index is 15.2. The molecule has 76 heavy (non-hydrogen) atoms. The van der Waals surface area contributed by atoms with E-state index in [1.807, 2.05) is 0 Å². The molecule has 9 rings (SSSR count). The van der Waals surface area contributed by atoms with Crippen molar-refractivity contribution in [2.45, 2.75) is 249 Å². The van der Waals surface area contributed by atoms with Gasteiger partial charge in [0, 0.05) is 0 Å². The molecule has 5 aliphatic carbocycles. The first-order valence-electron chi connectivity index (χ1n) is 27.7. The first kappa shape index (κ1) is 59.0. The summed E-state index contributed by atoms with van der Waals surface area (Å²) in [6, 6.07) is 0. The van der Waals surface area contributed by atoms with Gasteiger partial charge in [0.05, 0.1) is 37.4 Å². The van der Waals surface area contributed by atoms with Crippen molar-refractivity contribution in [3.05, 3.63) is 11.6 Å². The van der Waals surface area contributed by atoms with Gasteiger partial charge < -0.3 is 104 Å². The van der Waals surface area contributed by atoms with Crippen molar-refractivity contribution < 1.29 is 109 Å². The third-order valence-corrected chi connectivity index (χ3v) is 21.4. The summed E-state index contributed by atoms with van der Waals surface area (Å²) in [7, 11) is 0. The molecule has 4 saturated heterocycles. The van der Waals surface area contributed by atoms with Gasteiger partial charge in [0.15, 0.2) is 18.9 Å². The molecule has 13 N–H and O–H groups in total. The summed E-state index contributed by atoms with van der Waals surface area (Å²) in [6.45, 7) is 15.6. The molecule has 0 amide bonds. The molecular formula is C54H88O22. The molecule has 0 aromatic carbocycles. The smallest absolute Gasteiger partial charge is 0.315 e. The van der Waals surface area contributed by atoms with Crippen molar-refractivity contribution in [2.75, 3.05) is 19.8 Å². The van der Waals surface area contributed by atoms with Crippen LogP contribution in [-0.4, -0.2) is 221 Å². The minimum atomic E-state index is -1.87. The lowest BCUT2D eigenvalue weighted by Crippen LogP contribution is -2.66. The largest absolute Gasteiger partial charge is 0.432 e. The van der Waals surface area contributed by atoms with Gasteiger partial charge in [-0.1, -0.05) is 60.1 Å². The Labute approximate surface area is 444 Å². The van der Waals surface area contributed by atoms with E-state index in [9.17, 15) is 66.4 Å². The van der Waals surface area contributed by atoms with Crippen LogP contribution in [0.2, 0.25) is 0 Å². The third-order valence-electron chi connectivity index (χ3n) is 21.4. The molecule has 28 atom stereocenters. The number of hydrogen-bond donors (Lipinski definition) is 13. The van der Waals surface area contributed by atoms with Crippen LogP contribution >= 0.6 is 0 Å². The molecule has 0 spiro atoms. The van der Waals surface area contributed by atoms with Gasteiger partial charge in [0.2, 0.25) is 6.29 Å². The monoisotopic (exact) mass is 1090 g/mol. The van der Waals surface area contributed by atoms with E-state index in [1.54, 1.807) is 0 Å². The van der Waals surface area contributed by atoms with Crippen LogP contribution in [0.25, 0.3) is 0 Å². The Kier molecular flexibility index (Phi) is 16.6. The number of esters is 1. The van der Waals surface area contributed by atoms with Gasteiger partial charge in [0.25, 0.3) is 0 Å². The normalized spacial score (nSPS) is 54.0. The zero-order valence-corrected chi connectivity index (χ0v) is 45.1. The van der Waals surface area contributed by atoms with Crippen molar-refractivity contribution >= 4 is 5.97 Å². The Balaban J connectivity index is 0.916. The van der Waals surface area contributed by atoms with E-state index in [-0.39, 0.29) is 50.9 Å². The Bertz CT molecular complexity index is 2090. The topological polar surface area (TPSA) is 354 Å². The maximum atomic E-state index is 15.2. The summed E-state index contributed by atoms with van der Waals surface area (Å²) in [5, 5.41) is 138. The molecule has 22 nitrogen and oxygen atoms in total. The first-order chi connectivity index (χ1) is 35.5. The molecule has 0 aromatic heterocycles. The van der Waals surface area contributed by atoms with Crippen LogP contribution in [0, 0.1) is 50.2 Å². The van der Waals surface area contributed by atoms with E-state index in [0.29, 0.717) is 32.1 Å². The maximum Gasteiger partial charge on any atom is 0.315 e. The molecule has 8 fully saturated rings. The zero-order chi connectivity index (χ0) is 55.6. The molecule has 4 heterocycles. The number of carbonyl (C=O) groups is 1. The second kappa shape index (κ2) is 21.3. The van der Waals surface area contributed by atoms with Crippen molar-refractivity contribution in [2.24, 2.45) is 50.2 Å². The van der Waals surface area contributed by atoms with Crippen LogP contribution < -0.4 is 0 Å². The summed E-state index contributed by atoms with van der Waals surface area (Å²) < 4.78 is 47.7. The minimum absolute atomic E-state index is 0.128. The Morgan fingerprint density at radius 2 is 1.13 bits per heavy atom. The lowest BCUT2D eigenvalue weighted by Gasteiger charge is -2.71. The van der Waals surface area contributed by atoms with Crippen molar-refractivity contribution in [3.8, 4) is 0 Å². The number of fused-ring (bicyclic) bond motifs is 7. The summed E-state index contributed by atoms with van der Waals surface area (Å²) in [6.07, 6.45) is -22.4. The number of hydrogen-bond acceptors (Lipinski definition) is 22. The lowest BCUT2D eigenvalue weighted by molar-refractivity contribution is -0.370. The standard InChI is InChI=1S/C54H88O22/c1-23-32(57)39(64)43(75-45-41(66)37(62)34(59)27(21-56)72-45)47(70-23)69-22-28-35(60)38(63)42(67)46(73-28)76-48(68)54-17-15-49(2,3)19-25(54)24-9-10-30-51(6)13-12-31(74-44-40(65)36(61)33(58)26(20-55)71-44)50(4,5)29(51)11-14-53(30,8)52(24,7)16-18-54/h9,23,25-47,55-67H,10-22H2,1-8H3/t23-,25-,26+,27+,28+,29-,30+,31-,32-,33+,34+,35+,36-,37-,38-,39+,40+,41+,42+,43+,44-,45-,46-,47+,51-,52+,53+,54-/m0/s1. The average Bonchev–Trinajstić information content (AvgIpc) is 3.45. The average molecular weight is 1090 g/mol. The number of ether oxygens (including phenoxy) is 8. The van der Waals surface area contributed by atoms with E-state index in [2.05, 4.69) is 54.5 Å². The highest BCUT2D eigenvalue weighted by Crippen LogP contribution is 2.76. The van der Waals surface area contributed by atoms with Gasteiger partial charge in [-0.2, -0.15) is 0 Å². The summed E-state index contributed by atoms with van der Waals surface area (Å²) in [5.41, 5.74) is -0.906. The van der Waals surface area contributed by atoms with Gasteiger partial charge in [-0.05, 0) is 116 Å². The number of aliphatic hydroxyl groups excluding tert-OH is 13. The summed E-state index contributed by atoms with van der Waals surface area (Å²) in [4.78, 5) is 15.2. The van der Waals surface area contributed by atoms with E-state index in [1.165, 1.54) is 12.5 Å². The number of aliphatic hydroxyl groups is 13.